The molecule has 0 amide bonds. The van der Waals surface area contributed by atoms with Crippen molar-refractivity contribution >= 4 is 11.6 Å². The van der Waals surface area contributed by atoms with Crippen molar-refractivity contribution in [2.45, 2.75) is 0 Å². The first kappa shape index (κ1) is 12.4. The van der Waals surface area contributed by atoms with Gasteiger partial charge < -0.3 is 9.84 Å². The average molecular weight is 260 g/mol. The fourth-order valence-electron chi connectivity index (χ4n) is 1.35. The van der Waals surface area contributed by atoms with Gasteiger partial charge in [0.2, 0.25) is 5.88 Å². The van der Waals surface area contributed by atoms with Gasteiger partial charge in [-0.25, -0.2) is 4.98 Å². The summed E-state index contributed by atoms with van der Waals surface area (Å²) in [6, 6.07) is 12.4. The Morgan fingerprint density at radius 1 is 1.22 bits per heavy atom. The highest BCUT2D eigenvalue weighted by molar-refractivity contribution is 6.29. The first-order chi connectivity index (χ1) is 8.78. The van der Waals surface area contributed by atoms with Crippen molar-refractivity contribution in [3.63, 3.8) is 0 Å². The molecule has 0 fully saturated rings. The second kappa shape index (κ2) is 6.06. The minimum absolute atomic E-state index is 0.166. The Hall–Kier alpha value is -2.02. The molecular formula is C14H10ClNO2. The van der Waals surface area contributed by atoms with Gasteiger partial charge in [0.05, 0.1) is 0 Å². The molecule has 1 aromatic carbocycles. The third kappa shape index (κ3) is 3.49. The van der Waals surface area contributed by atoms with E-state index in [-0.39, 0.29) is 6.61 Å². The number of aliphatic hydroxyl groups excluding tert-OH is 1. The molecule has 0 unspecified atom stereocenters. The molecule has 0 bridgehead atoms. The van der Waals surface area contributed by atoms with Crippen LogP contribution in [0.1, 0.15) is 5.56 Å². The van der Waals surface area contributed by atoms with Crippen molar-refractivity contribution < 1.29 is 9.84 Å². The molecule has 2 rings (SSSR count). The topological polar surface area (TPSA) is 42.4 Å². The van der Waals surface area contributed by atoms with Gasteiger partial charge >= 0.3 is 0 Å². The molecule has 0 saturated carbocycles. The molecule has 0 saturated heterocycles. The van der Waals surface area contributed by atoms with Gasteiger partial charge in [0.25, 0.3) is 0 Å². The lowest BCUT2D eigenvalue weighted by molar-refractivity contribution is 0.350. The second-order valence-corrected chi connectivity index (χ2v) is 3.78. The van der Waals surface area contributed by atoms with Crippen LogP contribution in [0.25, 0.3) is 0 Å². The summed E-state index contributed by atoms with van der Waals surface area (Å²) in [5, 5.41) is 9.01. The van der Waals surface area contributed by atoms with E-state index in [2.05, 4.69) is 16.8 Å². The Bertz CT molecular complexity index is 602. The number of aliphatic hydroxyl groups is 1. The highest BCUT2D eigenvalue weighted by Crippen LogP contribution is 2.21. The maximum Gasteiger partial charge on any atom is 0.220 e. The molecule has 18 heavy (non-hydrogen) atoms. The molecule has 0 spiro atoms. The zero-order valence-corrected chi connectivity index (χ0v) is 10.2. The predicted molar refractivity (Wildman–Crippen MR) is 69.7 cm³/mol. The summed E-state index contributed by atoms with van der Waals surface area (Å²) in [5.74, 6) is 6.43. The number of nitrogens with zero attached hydrogens (tertiary/aromatic N) is 1. The number of ether oxygens (including phenoxy) is 1. The first-order valence-electron chi connectivity index (χ1n) is 5.28. The van der Waals surface area contributed by atoms with E-state index in [0.29, 0.717) is 16.8 Å². The molecule has 3 nitrogen and oxygen atoms in total. The van der Waals surface area contributed by atoms with Gasteiger partial charge in [-0.2, -0.15) is 0 Å². The summed E-state index contributed by atoms with van der Waals surface area (Å²) in [6.45, 7) is -0.166. The minimum atomic E-state index is -0.166. The number of rotatable bonds is 2. The smallest absolute Gasteiger partial charge is 0.220 e. The van der Waals surface area contributed by atoms with Gasteiger partial charge in [0, 0.05) is 11.6 Å². The van der Waals surface area contributed by atoms with E-state index in [0.717, 1.165) is 5.56 Å². The summed E-state index contributed by atoms with van der Waals surface area (Å²) in [7, 11) is 0. The van der Waals surface area contributed by atoms with Crippen LogP contribution in [-0.4, -0.2) is 16.7 Å². The quantitative estimate of drug-likeness (QED) is 0.666. The van der Waals surface area contributed by atoms with E-state index in [1.54, 1.807) is 30.3 Å². The fourth-order valence-corrected chi connectivity index (χ4v) is 1.50. The third-order valence-corrected chi connectivity index (χ3v) is 2.27. The highest BCUT2D eigenvalue weighted by Gasteiger charge is 1.99. The van der Waals surface area contributed by atoms with Crippen LogP contribution >= 0.6 is 11.6 Å². The van der Waals surface area contributed by atoms with E-state index in [4.69, 9.17) is 21.4 Å². The van der Waals surface area contributed by atoms with Crippen LogP contribution in [0.3, 0.4) is 0 Å². The van der Waals surface area contributed by atoms with Gasteiger partial charge in [-0.05, 0) is 24.3 Å². The van der Waals surface area contributed by atoms with E-state index >= 15 is 0 Å². The maximum absolute atomic E-state index is 8.63. The van der Waals surface area contributed by atoms with Crippen molar-refractivity contribution in [3.05, 3.63) is 53.2 Å². The Morgan fingerprint density at radius 2 is 2.06 bits per heavy atom. The second-order valence-electron chi connectivity index (χ2n) is 3.39. The molecule has 90 valence electrons. The Balaban J connectivity index is 2.19. The van der Waals surface area contributed by atoms with E-state index in [1.807, 2.05) is 12.1 Å². The molecule has 1 heterocycles. The van der Waals surface area contributed by atoms with Crippen LogP contribution < -0.4 is 4.74 Å². The minimum Gasteiger partial charge on any atom is -0.439 e. The van der Waals surface area contributed by atoms with E-state index < -0.39 is 0 Å². The lowest BCUT2D eigenvalue weighted by atomic mass is 10.2. The molecule has 2 aromatic rings. The normalized spacial score (nSPS) is 9.44. The summed E-state index contributed by atoms with van der Waals surface area (Å²) >= 11 is 5.77. The third-order valence-electron chi connectivity index (χ3n) is 2.06. The zero-order valence-electron chi connectivity index (χ0n) is 9.43. The lowest BCUT2D eigenvalue weighted by Crippen LogP contribution is -1.88. The standard InChI is InChI=1S/C14H10ClNO2/c15-13-7-2-8-14(16-13)18-12-6-1-4-11(10-12)5-3-9-17/h1-2,4,6-8,10,17H,9H2. The van der Waals surface area contributed by atoms with Gasteiger partial charge in [0.15, 0.2) is 0 Å². The van der Waals surface area contributed by atoms with Crippen LogP contribution in [0, 0.1) is 11.8 Å². The monoisotopic (exact) mass is 259 g/mol. The summed E-state index contributed by atoms with van der Waals surface area (Å²) in [5.41, 5.74) is 0.767. The molecule has 4 heteroatoms. The number of aromatic nitrogens is 1. The summed E-state index contributed by atoms with van der Waals surface area (Å²) in [4.78, 5) is 4.03. The first-order valence-corrected chi connectivity index (χ1v) is 5.66. The number of hydrogen-bond donors (Lipinski definition) is 1. The van der Waals surface area contributed by atoms with Crippen LogP contribution in [-0.2, 0) is 0 Å². The summed E-state index contributed by atoms with van der Waals surface area (Å²) < 4.78 is 5.55. The van der Waals surface area contributed by atoms with Crippen molar-refractivity contribution in [1.29, 1.82) is 0 Å². The molecule has 0 radical (unpaired) electrons. The highest BCUT2D eigenvalue weighted by atomic mass is 35.5. The van der Waals surface area contributed by atoms with Gasteiger partial charge in [-0.15, -0.1) is 0 Å². The predicted octanol–water partition coefficient (Wildman–Crippen LogP) is 2.87. The van der Waals surface area contributed by atoms with Gasteiger partial charge in [-0.1, -0.05) is 35.6 Å². The van der Waals surface area contributed by atoms with Crippen molar-refractivity contribution in [3.8, 4) is 23.5 Å². The molecule has 0 aliphatic heterocycles. The van der Waals surface area contributed by atoms with Crippen LogP contribution in [0.4, 0.5) is 0 Å². The van der Waals surface area contributed by atoms with Crippen molar-refractivity contribution in [2.24, 2.45) is 0 Å². The van der Waals surface area contributed by atoms with Crippen molar-refractivity contribution in [2.75, 3.05) is 6.61 Å². The van der Waals surface area contributed by atoms with E-state index in [9.17, 15) is 0 Å². The maximum atomic E-state index is 8.63. The molecule has 1 aromatic heterocycles. The van der Waals surface area contributed by atoms with Gasteiger partial charge in [-0.3, -0.25) is 0 Å². The average Bonchev–Trinajstić information content (AvgIpc) is 2.37. The number of pyridine rings is 1. The van der Waals surface area contributed by atoms with E-state index in [1.165, 1.54) is 0 Å². The molecule has 0 aliphatic carbocycles. The fraction of sp³-hybridized carbons (Fsp3) is 0.0714. The van der Waals surface area contributed by atoms with Crippen LogP contribution in [0.2, 0.25) is 5.15 Å². The Morgan fingerprint density at radius 3 is 2.83 bits per heavy atom. The SMILES string of the molecule is OCC#Cc1cccc(Oc2cccc(Cl)n2)c1. The van der Waals surface area contributed by atoms with Gasteiger partial charge in [0.1, 0.15) is 17.5 Å². The van der Waals surface area contributed by atoms with Crippen LogP contribution in [0.15, 0.2) is 42.5 Å². The molecule has 0 atom stereocenters. The molecule has 1 N–H and O–H groups in total. The van der Waals surface area contributed by atoms with Crippen molar-refractivity contribution in [1.82, 2.24) is 4.98 Å². The molecule has 0 aliphatic rings. The number of benzene rings is 1. The lowest BCUT2D eigenvalue weighted by Gasteiger charge is -2.04. The van der Waals surface area contributed by atoms with Crippen LogP contribution in [0.5, 0.6) is 11.6 Å². The molecular weight excluding hydrogens is 250 g/mol. The number of hydrogen-bond acceptors (Lipinski definition) is 3. The Kier molecular flexibility index (Phi) is 4.19. The number of halogens is 1. The Labute approximate surface area is 110 Å². The zero-order chi connectivity index (χ0) is 12.8. The largest absolute Gasteiger partial charge is 0.439 e. The summed E-state index contributed by atoms with van der Waals surface area (Å²) in [6.07, 6.45) is 0.